The van der Waals surface area contributed by atoms with Gasteiger partial charge in [0.2, 0.25) is 0 Å². The molecule has 0 saturated heterocycles. The second-order valence-electron chi connectivity index (χ2n) is 5.75. The first kappa shape index (κ1) is 16.7. The number of benzene rings is 2. The highest BCUT2D eigenvalue weighted by molar-refractivity contribution is 5.94. The maximum absolute atomic E-state index is 12.2. The first-order chi connectivity index (χ1) is 12.2. The summed E-state index contributed by atoms with van der Waals surface area (Å²) in [6, 6.07) is 21.0. The number of para-hydroxylation sites is 1. The van der Waals surface area contributed by atoms with E-state index in [0.717, 1.165) is 22.6 Å². The average molecular weight is 332 g/mol. The van der Waals surface area contributed by atoms with Crippen molar-refractivity contribution in [3.8, 4) is 5.75 Å². The fraction of sp³-hybridized carbons (Fsp3) is 0.143. The third-order valence-electron chi connectivity index (χ3n) is 3.90. The van der Waals surface area contributed by atoms with Gasteiger partial charge in [0.1, 0.15) is 12.4 Å². The van der Waals surface area contributed by atoms with Crippen LogP contribution in [0.2, 0.25) is 0 Å². The molecule has 1 N–H and O–H groups in total. The molecule has 1 amide bonds. The van der Waals surface area contributed by atoms with Gasteiger partial charge in [0.25, 0.3) is 5.91 Å². The van der Waals surface area contributed by atoms with E-state index < -0.39 is 0 Å². The number of carbonyl (C=O) groups excluding carboxylic acids is 1. The molecule has 4 nitrogen and oxygen atoms in total. The van der Waals surface area contributed by atoms with Crippen LogP contribution < -0.4 is 10.1 Å². The SMILES string of the molecule is Cc1cccnc1CNC(=O)c1ccc(COc2ccccc2)cc1. The first-order valence-electron chi connectivity index (χ1n) is 8.18. The van der Waals surface area contributed by atoms with Crippen LogP contribution in [0.1, 0.15) is 27.2 Å². The Bertz CT molecular complexity index is 830. The Balaban J connectivity index is 1.54. The molecule has 3 rings (SSSR count). The number of aryl methyl sites for hydroxylation is 1. The third-order valence-corrected chi connectivity index (χ3v) is 3.90. The molecule has 0 unspecified atom stereocenters. The molecule has 0 bridgehead atoms. The molecule has 0 aliphatic heterocycles. The predicted molar refractivity (Wildman–Crippen MR) is 97.4 cm³/mol. The molecule has 0 saturated carbocycles. The molecule has 1 aromatic heterocycles. The number of carbonyl (C=O) groups is 1. The van der Waals surface area contributed by atoms with Gasteiger partial charge in [-0.3, -0.25) is 9.78 Å². The number of nitrogens with zero attached hydrogens (tertiary/aromatic N) is 1. The summed E-state index contributed by atoms with van der Waals surface area (Å²) < 4.78 is 5.70. The van der Waals surface area contributed by atoms with Gasteiger partial charge in [-0.05, 0) is 48.4 Å². The zero-order valence-electron chi connectivity index (χ0n) is 14.1. The molecule has 4 heteroatoms. The van der Waals surface area contributed by atoms with Crippen molar-refractivity contribution in [2.24, 2.45) is 0 Å². The average Bonchev–Trinajstić information content (AvgIpc) is 2.67. The molecule has 126 valence electrons. The molecule has 0 fully saturated rings. The van der Waals surface area contributed by atoms with Crippen molar-refractivity contribution >= 4 is 5.91 Å². The van der Waals surface area contributed by atoms with Crippen molar-refractivity contribution in [1.82, 2.24) is 10.3 Å². The van der Waals surface area contributed by atoms with Gasteiger partial charge in [-0.2, -0.15) is 0 Å². The van der Waals surface area contributed by atoms with Crippen molar-refractivity contribution in [2.75, 3.05) is 0 Å². The number of ether oxygens (including phenoxy) is 1. The van der Waals surface area contributed by atoms with Gasteiger partial charge in [0.05, 0.1) is 12.2 Å². The minimum Gasteiger partial charge on any atom is -0.489 e. The highest BCUT2D eigenvalue weighted by Gasteiger charge is 2.07. The lowest BCUT2D eigenvalue weighted by atomic mass is 10.1. The normalized spacial score (nSPS) is 10.3. The van der Waals surface area contributed by atoms with Gasteiger partial charge in [-0.1, -0.05) is 36.4 Å². The standard InChI is InChI=1S/C21H20N2O2/c1-16-6-5-13-22-20(16)14-23-21(24)18-11-9-17(10-12-18)15-25-19-7-3-2-4-8-19/h2-13H,14-15H2,1H3,(H,23,24). The summed E-state index contributed by atoms with van der Waals surface area (Å²) in [5.74, 6) is 0.718. The monoisotopic (exact) mass is 332 g/mol. The van der Waals surface area contributed by atoms with Gasteiger partial charge >= 0.3 is 0 Å². The van der Waals surface area contributed by atoms with Crippen LogP contribution in [0.5, 0.6) is 5.75 Å². The second kappa shape index (κ2) is 8.11. The molecule has 0 atom stereocenters. The van der Waals surface area contributed by atoms with Crippen molar-refractivity contribution in [1.29, 1.82) is 0 Å². The highest BCUT2D eigenvalue weighted by atomic mass is 16.5. The molecule has 3 aromatic rings. The second-order valence-corrected chi connectivity index (χ2v) is 5.75. The molecule has 0 radical (unpaired) electrons. The van der Waals surface area contributed by atoms with Gasteiger partial charge in [0, 0.05) is 11.8 Å². The summed E-state index contributed by atoms with van der Waals surface area (Å²) in [5, 5.41) is 2.90. The first-order valence-corrected chi connectivity index (χ1v) is 8.18. The topological polar surface area (TPSA) is 51.2 Å². The van der Waals surface area contributed by atoms with E-state index >= 15 is 0 Å². The minimum absolute atomic E-state index is 0.111. The van der Waals surface area contributed by atoms with Gasteiger partial charge in [-0.15, -0.1) is 0 Å². The van der Waals surface area contributed by atoms with Crippen LogP contribution in [0, 0.1) is 6.92 Å². The van der Waals surface area contributed by atoms with E-state index in [1.165, 1.54) is 0 Å². The van der Waals surface area contributed by atoms with E-state index in [2.05, 4.69) is 10.3 Å². The lowest BCUT2D eigenvalue weighted by Gasteiger charge is -2.08. The third kappa shape index (κ3) is 4.67. The van der Waals surface area contributed by atoms with E-state index in [1.54, 1.807) is 6.20 Å². The quantitative estimate of drug-likeness (QED) is 0.745. The maximum Gasteiger partial charge on any atom is 0.251 e. The van der Waals surface area contributed by atoms with Crippen LogP contribution in [-0.4, -0.2) is 10.9 Å². The Hall–Kier alpha value is -3.14. The van der Waals surface area contributed by atoms with E-state index in [0.29, 0.717) is 18.7 Å². The molecule has 25 heavy (non-hydrogen) atoms. The smallest absolute Gasteiger partial charge is 0.251 e. The number of hydrogen-bond acceptors (Lipinski definition) is 3. The van der Waals surface area contributed by atoms with E-state index in [9.17, 15) is 4.79 Å². The fourth-order valence-electron chi connectivity index (χ4n) is 2.41. The summed E-state index contributed by atoms with van der Waals surface area (Å²) in [5.41, 5.74) is 3.58. The number of amides is 1. The van der Waals surface area contributed by atoms with Crippen molar-refractivity contribution in [3.63, 3.8) is 0 Å². The summed E-state index contributed by atoms with van der Waals surface area (Å²) in [4.78, 5) is 16.5. The number of pyridine rings is 1. The number of hydrogen-bond donors (Lipinski definition) is 1. The highest BCUT2D eigenvalue weighted by Crippen LogP contribution is 2.12. The number of rotatable bonds is 6. The Morgan fingerprint density at radius 1 is 1.00 bits per heavy atom. The van der Waals surface area contributed by atoms with E-state index in [4.69, 9.17) is 4.74 Å². The van der Waals surface area contributed by atoms with E-state index in [-0.39, 0.29) is 5.91 Å². The van der Waals surface area contributed by atoms with Gasteiger partial charge in [0.15, 0.2) is 0 Å². The Morgan fingerprint density at radius 2 is 1.76 bits per heavy atom. The lowest BCUT2D eigenvalue weighted by molar-refractivity contribution is 0.0950. The Labute approximate surface area is 147 Å². The fourth-order valence-corrected chi connectivity index (χ4v) is 2.41. The van der Waals surface area contributed by atoms with Crippen LogP contribution >= 0.6 is 0 Å². The van der Waals surface area contributed by atoms with Crippen molar-refractivity contribution < 1.29 is 9.53 Å². The van der Waals surface area contributed by atoms with Crippen LogP contribution in [-0.2, 0) is 13.2 Å². The summed E-state index contributed by atoms with van der Waals surface area (Å²) in [6.07, 6.45) is 1.73. The van der Waals surface area contributed by atoms with Gasteiger partial charge < -0.3 is 10.1 Å². The Kier molecular flexibility index (Phi) is 5.42. The molecular formula is C21H20N2O2. The zero-order chi connectivity index (χ0) is 17.5. The van der Waals surface area contributed by atoms with Crippen LogP contribution in [0.15, 0.2) is 72.9 Å². The number of nitrogens with one attached hydrogen (secondary N) is 1. The Morgan fingerprint density at radius 3 is 2.48 bits per heavy atom. The van der Waals surface area contributed by atoms with Crippen LogP contribution in [0.3, 0.4) is 0 Å². The summed E-state index contributed by atoms with van der Waals surface area (Å²) in [7, 11) is 0. The summed E-state index contributed by atoms with van der Waals surface area (Å²) >= 11 is 0. The molecule has 2 aromatic carbocycles. The largest absolute Gasteiger partial charge is 0.489 e. The molecule has 0 aliphatic rings. The van der Waals surface area contributed by atoms with Gasteiger partial charge in [-0.25, -0.2) is 0 Å². The molecule has 0 spiro atoms. The van der Waals surface area contributed by atoms with Crippen LogP contribution in [0.25, 0.3) is 0 Å². The summed E-state index contributed by atoms with van der Waals surface area (Å²) in [6.45, 7) is 2.87. The molecule has 1 heterocycles. The minimum atomic E-state index is -0.111. The maximum atomic E-state index is 12.2. The van der Waals surface area contributed by atoms with E-state index in [1.807, 2.05) is 73.7 Å². The predicted octanol–water partition coefficient (Wildman–Crippen LogP) is 3.90. The number of aromatic nitrogens is 1. The lowest BCUT2D eigenvalue weighted by Crippen LogP contribution is -2.23. The molecule has 0 aliphatic carbocycles. The van der Waals surface area contributed by atoms with Crippen molar-refractivity contribution in [2.45, 2.75) is 20.1 Å². The molecular weight excluding hydrogens is 312 g/mol. The zero-order valence-corrected chi connectivity index (χ0v) is 14.1. The van der Waals surface area contributed by atoms with Crippen LogP contribution in [0.4, 0.5) is 0 Å². The van der Waals surface area contributed by atoms with Crippen molar-refractivity contribution in [3.05, 3.63) is 95.3 Å².